The zero-order chi connectivity index (χ0) is 12.0. The second-order valence-corrected chi connectivity index (χ2v) is 3.46. The van der Waals surface area contributed by atoms with Crippen molar-refractivity contribution in [2.45, 2.75) is 20.3 Å². The van der Waals surface area contributed by atoms with E-state index in [1.807, 2.05) is 6.92 Å². The highest BCUT2D eigenvalue weighted by atomic mass is 16.5. The predicted molar refractivity (Wildman–Crippen MR) is 61.2 cm³/mol. The van der Waals surface area contributed by atoms with Gasteiger partial charge in [0.05, 0.1) is 24.1 Å². The SMILES string of the molecule is C=COCCCNC(=O)c1c(C)n[nH]c1C. The number of nitrogens with zero attached hydrogens (tertiary/aromatic N) is 1. The Kier molecular flexibility index (Phi) is 4.57. The number of rotatable bonds is 6. The van der Waals surface area contributed by atoms with Crippen LogP contribution >= 0.6 is 0 Å². The van der Waals surface area contributed by atoms with E-state index < -0.39 is 0 Å². The number of aryl methyl sites for hydroxylation is 2. The second kappa shape index (κ2) is 5.95. The van der Waals surface area contributed by atoms with Crippen molar-refractivity contribution in [3.63, 3.8) is 0 Å². The van der Waals surface area contributed by atoms with Crippen LogP contribution in [0.1, 0.15) is 28.2 Å². The fraction of sp³-hybridized carbons (Fsp3) is 0.455. The first kappa shape index (κ1) is 12.3. The molecule has 0 fully saturated rings. The molecule has 0 aliphatic rings. The smallest absolute Gasteiger partial charge is 0.255 e. The van der Waals surface area contributed by atoms with E-state index in [0.717, 1.165) is 17.8 Å². The van der Waals surface area contributed by atoms with Crippen molar-refractivity contribution in [3.8, 4) is 0 Å². The molecule has 1 heterocycles. The molecule has 1 rings (SSSR count). The lowest BCUT2D eigenvalue weighted by Crippen LogP contribution is -2.26. The largest absolute Gasteiger partial charge is 0.502 e. The van der Waals surface area contributed by atoms with Gasteiger partial charge in [0, 0.05) is 12.2 Å². The summed E-state index contributed by atoms with van der Waals surface area (Å²) in [4.78, 5) is 11.7. The molecule has 1 aromatic heterocycles. The molecule has 1 aromatic rings. The summed E-state index contributed by atoms with van der Waals surface area (Å²) in [6, 6.07) is 0. The molecule has 0 saturated heterocycles. The van der Waals surface area contributed by atoms with Crippen molar-refractivity contribution >= 4 is 5.91 Å². The number of hydrogen-bond acceptors (Lipinski definition) is 3. The third kappa shape index (κ3) is 3.12. The molecule has 0 atom stereocenters. The van der Waals surface area contributed by atoms with Crippen LogP contribution in [0.4, 0.5) is 0 Å². The molecule has 0 unspecified atom stereocenters. The minimum Gasteiger partial charge on any atom is -0.502 e. The van der Waals surface area contributed by atoms with Crippen molar-refractivity contribution in [3.05, 3.63) is 29.8 Å². The summed E-state index contributed by atoms with van der Waals surface area (Å²) in [7, 11) is 0. The van der Waals surface area contributed by atoms with Gasteiger partial charge in [-0.25, -0.2) is 0 Å². The number of nitrogens with one attached hydrogen (secondary N) is 2. The fourth-order valence-corrected chi connectivity index (χ4v) is 1.41. The van der Waals surface area contributed by atoms with Crippen molar-refractivity contribution in [1.82, 2.24) is 15.5 Å². The lowest BCUT2D eigenvalue weighted by Gasteiger charge is -2.05. The summed E-state index contributed by atoms with van der Waals surface area (Å²) in [5, 5.41) is 9.56. The van der Waals surface area contributed by atoms with Crippen LogP contribution in [0.15, 0.2) is 12.8 Å². The zero-order valence-corrected chi connectivity index (χ0v) is 9.67. The maximum absolute atomic E-state index is 11.7. The van der Waals surface area contributed by atoms with E-state index in [2.05, 4.69) is 22.1 Å². The van der Waals surface area contributed by atoms with Crippen molar-refractivity contribution in [2.24, 2.45) is 0 Å². The number of H-pyrrole nitrogens is 1. The highest BCUT2D eigenvalue weighted by molar-refractivity contribution is 5.96. The van der Waals surface area contributed by atoms with E-state index >= 15 is 0 Å². The summed E-state index contributed by atoms with van der Waals surface area (Å²) in [6.45, 7) is 8.21. The molecule has 5 nitrogen and oxygen atoms in total. The number of carbonyl (C=O) groups is 1. The lowest BCUT2D eigenvalue weighted by atomic mass is 10.2. The first-order valence-electron chi connectivity index (χ1n) is 5.19. The molecule has 2 N–H and O–H groups in total. The van der Waals surface area contributed by atoms with Crippen LogP contribution < -0.4 is 5.32 Å². The van der Waals surface area contributed by atoms with Gasteiger partial charge in [0.2, 0.25) is 0 Å². The Hall–Kier alpha value is -1.78. The Balaban J connectivity index is 2.38. The van der Waals surface area contributed by atoms with Gasteiger partial charge in [-0.1, -0.05) is 6.58 Å². The van der Waals surface area contributed by atoms with Gasteiger partial charge in [-0.2, -0.15) is 5.10 Å². The molecular formula is C11H17N3O2. The maximum Gasteiger partial charge on any atom is 0.255 e. The third-order valence-corrected chi connectivity index (χ3v) is 2.20. The topological polar surface area (TPSA) is 67.0 Å². The van der Waals surface area contributed by atoms with Gasteiger partial charge in [-0.05, 0) is 20.3 Å². The average molecular weight is 223 g/mol. The fourth-order valence-electron chi connectivity index (χ4n) is 1.41. The normalized spacial score (nSPS) is 9.88. The molecule has 88 valence electrons. The lowest BCUT2D eigenvalue weighted by molar-refractivity contribution is 0.0949. The van der Waals surface area contributed by atoms with Gasteiger partial charge in [-0.15, -0.1) is 0 Å². The summed E-state index contributed by atoms with van der Waals surface area (Å²) in [6.07, 6.45) is 2.15. The molecule has 0 aliphatic carbocycles. The van der Waals surface area contributed by atoms with Crippen LogP contribution in [0.3, 0.4) is 0 Å². The standard InChI is InChI=1S/C11H17N3O2/c1-4-16-7-5-6-12-11(15)10-8(2)13-14-9(10)3/h4H,1,5-7H2,2-3H3,(H,12,15)(H,13,14). The number of carbonyl (C=O) groups excluding carboxylic acids is 1. The van der Waals surface area contributed by atoms with Gasteiger partial charge < -0.3 is 10.1 Å². The molecule has 0 bridgehead atoms. The number of ether oxygens (including phenoxy) is 1. The van der Waals surface area contributed by atoms with Crippen LogP contribution in [0.2, 0.25) is 0 Å². The number of amides is 1. The maximum atomic E-state index is 11.7. The number of hydrogen-bond donors (Lipinski definition) is 2. The number of aromatic nitrogens is 2. The van der Waals surface area contributed by atoms with E-state index in [1.165, 1.54) is 6.26 Å². The Labute approximate surface area is 94.9 Å². The van der Waals surface area contributed by atoms with Gasteiger partial charge >= 0.3 is 0 Å². The van der Waals surface area contributed by atoms with Crippen LogP contribution in [0.25, 0.3) is 0 Å². The van der Waals surface area contributed by atoms with Crippen LogP contribution in [-0.2, 0) is 4.74 Å². The summed E-state index contributed by atoms with van der Waals surface area (Å²) < 4.78 is 4.95. The van der Waals surface area contributed by atoms with Gasteiger partial charge in [0.25, 0.3) is 5.91 Å². The first-order valence-corrected chi connectivity index (χ1v) is 5.19. The van der Waals surface area contributed by atoms with E-state index in [4.69, 9.17) is 4.74 Å². The number of aromatic amines is 1. The molecule has 0 aliphatic heterocycles. The Morgan fingerprint density at radius 1 is 1.62 bits per heavy atom. The summed E-state index contributed by atoms with van der Waals surface area (Å²) in [5.74, 6) is -0.0950. The van der Waals surface area contributed by atoms with Crippen molar-refractivity contribution in [2.75, 3.05) is 13.2 Å². The average Bonchev–Trinajstić information content (AvgIpc) is 2.58. The molecule has 0 spiro atoms. The monoisotopic (exact) mass is 223 g/mol. The van der Waals surface area contributed by atoms with E-state index in [0.29, 0.717) is 18.7 Å². The quantitative estimate of drug-likeness (QED) is 0.564. The molecule has 0 aromatic carbocycles. The summed E-state index contributed by atoms with van der Waals surface area (Å²) >= 11 is 0. The predicted octanol–water partition coefficient (Wildman–Crippen LogP) is 1.31. The molecule has 0 radical (unpaired) electrons. The van der Waals surface area contributed by atoms with Crippen LogP contribution in [-0.4, -0.2) is 29.3 Å². The Morgan fingerprint density at radius 3 is 2.94 bits per heavy atom. The summed E-state index contributed by atoms with van der Waals surface area (Å²) in [5.41, 5.74) is 2.14. The molecule has 16 heavy (non-hydrogen) atoms. The van der Waals surface area contributed by atoms with Gasteiger partial charge in [0.15, 0.2) is 0 Å². The van der Waals surface area contributed by atoms with Crippen LogP contribution in [0, 0.1) is 13.8 Å². The van der Waals surface area contributed by atoms with Crippen molar-refractivity contribution < 1.29 is 9.53 Å². The van der Waals surface area contributed by atoms with Crippen LogP contribution in [0.5, 0.6) is 0 Å². The van der Waals surface area contributed by atoms with Gasteiger partial charge in [-0.3, -0.25) is 9.89 Å². The molecule has 0 saturated carbocycles. The minimum atomic E-state index is -0.0950. The molecule has 1 amide bonds. The van der Waals surface area contributed by atoms with Crippen molar-refractivity contribution in [1.29, 1.82) is 0 Å². The first-order chi connectivity index (χ1) is 7.66. The van der Waals surface area contributed by atoms with E-state index in [9.17, 15) is 4.79 Å². The van der Waals surface area contributed by atoms with E-state index in [1.54, 1.807) is 6.92 Å². The minimum absolute atomic E-state index is 0.0950. The Bertz CT molecular complexity index is 352. The highest BCUT2D eigenvalue weighted by Gasteiger charge is 2.14. The molecule has 5 heteroatoms. The molecular weight excluding hydrogens is 206 g/mol. The highest BCUT2D eigenvalue weighted by Crippen LogP contribution is 2.08. The third-order valence-electron chi connectivity index (χ3n) is 2.20. The Morgan fingerprint density at radius 2 is 2.38 bits per heavy atom. The zero-order valence-electron chi connectivity index (χ0n) is 9.67. The van der Waals surface area contributed by atoms with E-state index in [-0.39, 0.29) is 5.91 Å². The van der Waals surface area contributed by atoms with Gasteiger partial charge in [0.1, 0.15) is 0 Å². The second-order valence-electron chi connectivity index (χ2n) is 3.46.